The van der Waals surface area contributed by atoms with Crippen molar-refractivity contribution in [2.45, 2.75) is 26.5 Å². The number of benzene rings is 1. The maximum absolute atomic E-state index is 5.96. The van der Waals surface area contributed by atoms with Gasteiger partial charge in [0.05, 0.1) is 0 Å². The van der Waals surface area contributed by atoms with Gasteiger partial charge in [0.1, 0.15) is 18.2 Å². The van der Waals surface area contributed by atoms with Crippen LogP contribution in [0.5, 0.6) is 5.75 Å². The van der Waals surface area contributed by atoms with Crippen LogP contribution in [-0.4, -0.2) is 9.55 Å². The molecule has 0 aliphatic heterocycles. The first-order chi connectivity index (χ1) is 8.58. The molecule has 0 spiro atoms. The van der Waals surface area contributed by atoms with Crippen LogP contribution >= 0.6 is 0 Å². The third-order valence-corrected chi connectivity index (χ3v) is 2.93. The minimum Gasteiger partial charge on any atom is -0.485 e. The molecule has 2 rings (SSSR count). The number of ether oxygens (including phenoxy) is 1. The van der Waals surface area contributed by atoms with Gasteiger partial charge in [-0.15, -0.1) is 0 Å². The molecule has 4 heteroatoms. The second-order valence-electron chi connectivity index (χ2n) is 4.57. The molecule has 2 aromatic rings. The van der Waals surface area contributed by atoms with E-state index in [1.165, 1.54) is 5.56 Å². The molecule has 0 aliphatic rings. The molecule has 0 saturated heterocycles. The molecule has 1 heterocycles. The van der Waals surface area contributed by atoms with Gasteiger partial charge in [0.25, 0.3) is 0 Å². The standard InChI is InChI=1S/C14H19N3O/c1-10-4-5-13(12(8-10)11(2)15)18-9-14-16-6-7-17(14)3/h4-8,11H,9,15H2,1-3H3/t11-/m0/s1. The second kappa shape index (κ2) is 5.23. The third-order valence-electron chi connectivity index (χ3n) is 2.93. The van der Waals surface area contributed by atoms with E-state index in [0.717, 1.165) is 17.1 Å². The summed E-state index contributed by atoms with van der Waals surface area (Å²) in [5, 5.41) is 0. The van der Waals surface area contributed by atoms with E-state index in [4.69, 9.17) is 10.5 Å². The number of hydrogen-bond acceptors (Lipinski definition) is 3. The monoisotopic (exact) mass is 245 g/mol. The van der Waals surface area contributed by atoms with Crippen LogP contribution in [0.25, 0.3) is 0 Å². The van der Waals surface area contributed by atoms with E-state index < -0.39 is 0 Å². The van der Waals surface area contributed by atoms with Gasteiger partial charge in [-0.05, 0) is 19.9 Å². The molecule has 2 N–H and O–H groups in total. The van der Waals surface area contributed by atoms with Gasteiger partial charge in [-0.1, -0.05) is 17.7 Å². The van der Waals surface area contributed by atoms with E-state index in [0.29, 0.717) is 6.61 Å². The highest BCUT2D eigenvalue weighted by molar-refractivity contribution is 5.38. The molecule has 0 amide bonds. The average molecular weight is 245 g/mol. The lowest BCUT2D eigenvalue weighted by Gasteiger charge is -2.14. The van der Waals surface area contributed by atoms with Crippen molar-refractivity contribution < 1.29 is 4.74 Å². The Hall–Kier alpha value is -1.81. The Morgan fingerprint density at radius 3 is 2.83 bits per heavy atom. The van der Waals surface area contributed by atoms with Crippen molar-refractivity contribution in [2.75, 3.05) is 0 Å². The lowest BCUT2D eigenvalue weighted by atomic mass is 10.1. The zero-order chi connectivity index (χ0) is 13.1. The second-order valence-corrected chi connectivity index (χ2v) is 4.57. The molecule has 18 heavy (non-hydrogen) atoms. The summed E-state index contributed by atoms with van der Waals surface area (Å²) in [6.45, 7) is 4.46. The van der Waals surface area contributed by atoms with Crippen molar-refractivity contribution in [1.29, 1.82) is 0 Å². The van der Waals surface area contributed by atoms with E-state index in [2.05, 4.69) is 18.0 Å². The number of aromatic nitrogens is 2. The molecule has 1 atom stereocenters. The molecule has 0 bridgehead atoms. The van der Waals surface area contributed by atoms with Crippen molar-refractivity contribution in [3.63, 3.8) is 0 Å². The van der Waals surface area contributed by atoms with Gasteiger partial charge >= 0.3 is 0 Å². The molecule has 0 unspecified atom stereocenters. The van der Waals surface area contributed by atoms with E-state index in [-0.39, 0.29) is 6.04 Å². The number of rotatable bonds is 4. The topological polar surface area (TPSA) is 53.1 Å². The summed E-state index contributed by atoms with van der Waals surface area (Å²) < 4.78 is 7.76. The molecule has 1 aromatic carbocycles. The fourth-order valence-electron chi connectivity index (χ4n) is 1.83. The Labute approximate surface area is 107 Å². The summed E-state index contributed by atoms with van der Waals surface area (Å²) >= 11 is 0. The summed E-state index contributed by atoms with van der Waals surface area (Å²) in [6, 6.07) is 6.02. The van der Waals surface area contributed by atoms with Crippen LogP contribution in [0.2, 0.25) is 0 Å². The smallest absolute Gasteiger partial charge is 0.146 e. The van der Waals surface area contributed by atoms with Crippen LogP contribution < -0.4 is 10.5 Å². The Bertz CT molecular complexity index is 532. The highest BCUT2D eigenvalue weighted by Gasteiger charge is 2.09. The number of nitrogens with zero attached hydrogens (tertiary/aromatic N) is 2. The Kier molecular flexibility index (Phi) is 3.67. The van der Waals surface area contributed by atoms with Gasteiger partial charge in [-0.2, -0.15) is 0 Å². The third kappa shape index (κ3) is 2.71. The van der Waals surface area contributed by atoms with Crippen molar-refractivity contribution in [2.24, 2.45) is 12.8 Å². The summed E-state index contributed by atoms with van der Waals surface area (Å²) in [5.41, 5.74) is 8.18. The molecular formula is C14H19N3O. The molecule has 0 radical (unpaired) electrons. The summed E-state index contributed by atoms with van der Waals surface area (Å²) in [5.74, 6) is 1.73. The first kappa shape index (κ1) is 12.6. The van der Waals surface area contributed by atoms with Crippen molar-refractivity contribution in [3.05, 3.63) is 47.5 Å². The Morgan fingerprint density at radius 1 is 1.44 bits per heavy atom. The van der Waals surface area contributed by atoms with Crippen LogP contribution in [-0.2, 0) is 13.7 Å². The van der Waals surface area contributed by atoms with E-state index in [1.54, 1.807) is 6.20 Å². The van der Waals surface area contributed by atoms with Crippen LogP contribution in [0.1, 0.15) is 29.9 Å². The summed E-state index contributed by atoms with van der Waals surface area (Å²) in [4.78, 5) is 4.23. The maximum atomic E-state index is 5.96. The Morgan fingerprint density at radius 2 is 2.22 bits per heavy atom. The van der Waals surface area contributed by atoms with Crippen molar-refractivity contribution >= 4 is 0 Å². The van der Waals surface area contributed by atoms with Gasteiger partial charge in [0, 0.05) is 31.0 Å². The first-order valence-electron chi connectivity index (χ1n) is 6.03. The predicted octanol–water partition coefficient (Wildman–Crippen LogP) is 2.33. The van der Waals surface area contributed by atoms with Gasteiger partial charge in [-0.3, -0.25) is 0 Å². The fourth-order valence-corrected chi connectivity index (χ4v) is 1.83. The van der Waals surface area contributed by atoms with Crippen LogP contribution in [0.4, 0.5) is 0 Å². The van der Waals surface area contributed by atoms with Gasteiger partial charge in [0.15, 0.2) is 0 Å². The van der Waals surface area contributed by atoms with Crippen LogP contribution in [0, 0.1) is 6.92 Å². The van der Waals surface area contributed by atoms with E-state index in [9.17, 15) is 0 Å². The Balaban J connectivity index is 2.16. The summed E-state index contributed by atoms with van der Waals surface area (Å²) in [7, 11) is 1.95. The molecule has 1 aromatic heterocycles. The van der Waals surface area contributed by atoms with Gasteiger partial charge in [0.2, 0.25) is 0 Å². The predicted molar refractivity (Wildman–Crippen MR) is 71.3 cm³/mol. The zero-order valence-electron chi connectivity index (χ0n) is 11.1. The van der Waals surface area contributed by atoms with E-state index >= 15 is 0 Å². The molecule has 0 aliphatic carbocycles. The largest absolute Gasteiger partial charge is 0.485 e. The van der Waals surface area contributed by atoms with Gasteiger partial charge in [-0.25, -0.2) is 4.98 Å². The minimum absolute atomic E-state index is 0.0405. The molecule has 96 valence electrons. The van der Waals surface area contributed by atoms with E-state index in [1.807, 2.05) is 36.9 Å². The van der Waals surface area contributed by atoms with Gasteiger partial charge < -0.3 is 15.0 Å². The van der Waals surface area contributed by atoms with Crippen molar-refractivity contribution in [1.82, 2.24) is 9.55 Å². The number of hydrogen-bond donors (Lipinski definition) is 1. The zero-order valence-corrected chi connectivity index (χ0v) is 11.1. The maximum Gasteiger partial charge on any atom is 0.146 e. The molecule has 0 fully saturated rings. The lowest BCUT2D eigenvalue weighted by molar-refractivity contribution is 0.287. The quantitative estimate of drug-likeness (QED) is 0.899. The number of imidazole rings is 1. The number of nitrogens with two attached hydrogens (primary N) is 1. The lowest BCUT2D eigenvalue weighted by Crippen LogP contribution is -2.09. The average Bonchev–Trinajstić information content (AvgIpc) is 2.73. The molecule has 4 nitrogen and oxygen atoms in total. The van der Waals surface area contributed by atoms with Crippen LogP contribution in [0.3, 0.4) is 0 Å². The number of aryl methyl sites for hydroxylation is 2. The SMILES string of the molecule is Cc1ccc(OCc2nccn2C)c([C@H](C)N)c1. The summed E-state index contributed by atoms with van der Waals surface area (Å²) in [6.07, 6.45) is 3.67. The highest BCUT2D eigenvalue weighted by atomic mass is 16.5. The first-order valence-corrected chi connectivity index (χ1v) is 6.03. The normalized spacial score (nSPS) is 12.4. The van der Waals surface area contributed by atoms with Crippen LogP contribution in [0.15, 0.2) is 30.6 Å². The highest BCUT2D eigenvalue weighted by Crippen LogP contribution is 2.25. The fraction of sp³-hybridized carbons (Fsp3) is 0.357. The molecule has 0 saturated carbocycles. The molecular weight excluding hydrogens is 226 g/mol. The van der Waals surface area contributed by atoms with Crippen molar-refractivity contribution in [3.8, 4) is 5.75 Å². The minimum atomic E-state index is -0.0405.